The van der Waals surface area contributed by atoms with Crippen molar-refractivity contribution in [3.63, 3.8) is 0 Å². The van der Waals surface area contributed by atoms with Crippen molar-refractivity contribution < 1.29 is 29.3 Å². The number of fused-ring (bicyclic) bond motifs is 1. The first-order chi connectivity index (χ1) is 9.97. The molecule has 4 atom stereocenters. The highest BCUT2D eigenvalue weighted by atomic mass is 32.2. The van der Waals surface area contributed by atoms with E-state index in [1.165, 1.54) is 28.4 Å². The highest BCUT2D eigenvalue weighted by Gasteiger charge is 2.60. The van der Waals surface area contributed by atoms with Gasteiger partial charge in [0.15, 0.2) is 6.04 Å². The highest BCUT2D eigenvalue weighted by Crippen LogP contribution is 2.51. The van der Waals surface area contributed by atoms with Gasteiger partial charge in [-0.3, -0.25) is 4.79 Å². The van der Waals surface area contributed by atoms with Crippen molar-refractivity contribution in [3.05, 3.63) is 0 Å². The van der Waals surface area contributed by atoms with Crippen LogP contribution in [0.5, 0.6) is 0 Å². The summed E-state index contributed by atoms with van der Waals surface area (Å²) >= 11 is 2.74. The molecule has 2 amide bonds. The summed E-state index contributed by atoms with van der Waals surface area (Å²) in [5.74, 6) is -1.17. The molecule has 2 heterocycles. The minimum atomic E-state index is -1.05. The maximum absolute atomic E-state index is 12.0. The second-order valence-corrected chi connectivity index (χ2v) is 7.39. The fourth-order valence-electron chi connectivity index (χ4n) is 2.43. The van der Waals surface area contributed by atoms with E-state index in [1.807, 2.05) is 0 Å². The van der Waals surface area contributed by atoms with Crippen LogP contribution < -0.4 is 5.73 Å². The Morgan fingerprint density at radius 2 is 2.19 bits per heavy atom. The first kappa shape index (κ1) is 16.2. The Balaban J connectivity index is 1.94. The number of aliphatic hydroxyl groups excluding tert-OH is 1. The molecular formula is C11H16N2O6S2. The molecule has 2 unspecified atom stereocenters. The smallest absolute Gasteiger partial charge is 0.404 e. The molecular weight excluding hydrogens is 320 g/mol. The van der Waals surface area contributed by atoms with E-state index in [9.17, 15) is 19.5 Å². The second-order valence-electron chi connectivity index (χ2n) is 4.58. The summed E-state index contributed by atoms with van der Waals surface area (Å²) in [5, 5.41) is 18.1. The van der Waals surface area contributed by atoms with Gasteiger partial charge in [-0.15, -0.1) is 23.5 Å². The van der Waals surface area contributed by atoms with Crippen molar-refractivity contribution in [2.75, 3.05) is 19.0 Å². The Morgan fingerprint density at radius 1 is 1.48 bits per heavy atom. The quantitative estimate of drug-likeness (QED) is 0.419. The Bertz CT molecular complexity index is 448. The van der Waals surface area contributed by atoms with Crippen molar-refractivity contribution >= 4 is 41.5 Å². The molecule has 4 N–H and O–H groups in total. The van der Waals surface area contributed by atoms with Crippen LogP contribution in [-0.2, 0) is 14.3 Å². The highest BCUT2D eigenvalue weighted by molar-refractivity contribution is 8.17. The van der Waals surface area contributed by atoms with Gasteiger partial charge in [-0.25, -0.2) is 9.59 Å². The molecule has 0 aromatic heterocycles. The van der Waals surface area contributed by atoms with Crippen LogP contribution in [0.15, 0.2) is 0 Å². The van der Waals surface area contributed by atoms with E-state index in [1.54, 1.807) is 0 Å². The minimum Gasteiger partial charge on any atom is -0.480 e. The molecule has 0 spiro atoms. The van der Waals surface area contributed by atoms with Crippen LogP contribution in [0.2, 0.25) is 0 Å². The van der Waals surface area contributed by atoms with Crippen molar-refractivity contribution in [2.24, 2.45) is 11.7 Å². The number of hydrogen-bond acceptors (Lipinski definition) is 7. The van der Waals surface area contributed by atoms with Crippen LogP contribution in [0.3, 0.4) is 0 Å². The van der Waals surface area contributed by atoms with Crippen molar-refractivity contribution in [3.8, 4) is 0 Å². The molecule has 0 saturated carbocycles. The molecule has 2 fully saturated rings. The number of carbonyl (C=O) groups is 3. The molecule has 2 rings (SSSR count). The van der Waals surface area contributed by atoms with Crippen LogP contribution in [0.1, 0.15) is 6.42 Å². The molecule has 2 aliphatic heterocycles. The molecule has 0 radical (unpaired) electrons. The zero-order valence-corrected chi connectivity index (χ0v) is 12.6. The number of hydrogen-bond donors (Lipinski definition) is 3. The monoisotopic (exact) mass is 336 g/mol. The Morgan fingerprint density at radius 3 is 2.76 bits per heavy atom. The zero-order chi connectivity index (χ0) is 15.6. The number of primary amides is 1. The topological polar surface area (TPSA) is 130 Å². The zero-order valence-electron chi connectivity index (χ0n) is 11.0. The summed E-state index contributed by atoms with van der Waals surface area (Å²) in [6, 6.07) is -0.888. The van der Waals surface area contributed by atoms with E-state index < -0.39 is 18.1 Å². The standard InChI is InChI=1S/C11H16N2O6S2/c12-11(18)19-3-4-20-10-6(9(16)17)13-7(15)5(1-2-14)8(13)21-10/h5-6,8,10,14H,1-4H2,(H2,12,18)(H,16,17)/t5-,6?,8+,10?/m0/s1. The van der Waals surface area contributed by atoms with Crippen molar-refractivity contribution in [1.29, 1.82) is 0 Å². The number of amides is 2. The number of nitrogens with zero attached hydrogens (tertiary/aromatic N) is 1. The number of carboxylic acids is 1. The van der Waals surface area contributed by atoms with E-state index in [0.29, 0.717) is 12.2 Å². The molecule has 21 heavy (non-hydrogen) atoms. The predicted octanol–water partition coefficient (Wildman–Crippen LogP) is -0.492. The van der Waals surface area contributed by atoms with Crippen molar-refractivity contribution in [2.45, 2.75) is 22.4 Å². The van der Waals surface area contributed by atoms with Gasteiger partial charge in [-0.2, -0.15) is 0 Å². The number of carbonyl (C=O) groups excluding carboxylic acids is 2. The number of rotatable bonds is 7. The first-order valence-corrected chi connectivity index (χ1v) is 8.31. The molecule has 2 saturated heterocycles. The summed E-state index contributed by atoms with van der Waals surface area (Å²) in [6.45, 7) is 0.00534. The van der Waals surface area contributed by atoms with Crippen LogP contribution in [0, 0.1) is 5.92 Å². The van der Waals surface area contributed by atoms with Gasteiger partial charge in [0, 0.05) is 12.4 Å². The Hall–Kier alpha value is -1.13. The van der Waals surface area contributed by atoms with Gasteiger partial charge in [0.05, 0.1) is 15.9 Å². The number of aliphatic hydroxyl groups is 1. The lowest BCUT2D eigenvalue weighted by Gasteiger charge is -2.43. The molecule has 2 aliphatic rings. The number of carboxylic acid groups (broad SMARTS) is 1. The minimum absolute atomic E-state index is 0.0939. The van der Waals surface area contributed by atoms with Gasteiger partial charge < -0.3 is 25.6 Å². The van der Waals surface area contributed by atoms with Gasteiger partial charge >= 0.3 is 12.1 Å². The number of nitrogens with two attached hydrogens (primary N) is 1. The number of aliphatic carboxylic acids is 1. The normalized spacial score (nSPS) is 30.7. The maximum Gasteiger partial charge on any atom is 0.404 e. The third-order valence-electron chi connectivity index (χ3n) is 3.32. The van der Waals surface area contributed by atoms with E-state index in [2.05, 4.69) is 4.74 Å². The van der Waals surface area contributed by atoms with Gasteiger partial charge in [-0.05, 0) is 6.42 Å². The summed E-state index contributed by atoms with van der Waals surface area (Å²) < 4.78 is 4.27. The average Bonchev–Trinajstić information content (AvgIpc) is 2.76. The van der Waals surface area contributed by atoms with E-state index in [-0.39, 0.29) is 35.0 Å². The van der Waals surface area contributed by atoms with E-state index in [0.717, 1.165) is 0 Å². The van der Waals surface area contributed by atoms with Gasteiger partial charge in [0.1, 0.15) is 6.61 Å². The molecule has 0 aromatic carbocycles. The summed E-state index contributed by atoms with van der Waals surface area (Å²) in [7, 11) is 0. The molecule has 8 nitrogen and oxygen atoms in total. The van der Waals surface area contributed by atoms with Gasteiger partial charge in [0.25, 0.3) is 0 Å². The van der Waals surface area contributed by atoms with Gasteiger partial charge in [0.2, 0.25) is 5.91 Å². The number of β-lactam (4-membered cyclic amide) rings is 1. The molecule has 10 heteroatoms. The maximum atomic E-state index is 12.0. The first-order valence-electron chi connectivity index (χ1n) is 6.32. The van der Waals surface area contributed by atoms with Crippen LogP contribution in [-0.4, -0.2) is 68.0 Å². The third-order valence-corrected chi connectivity index (χ3v) is 6.41. The second kappa shape index (κ2) is 6.75. The predicted molar refractivity (Wildman–Crippen MR) is 76.6 cm³/mol. The Labute approximate surface area is 129 Å². The fraction of sp³-hybridized carbons (Fsp3) is 0.727. The van der Waals surface area contributed by atoms with Crippen LogP contribution >= 0.6 is 23.5 Å². The lowest BCUT2D eigenvalue weighted by molar-refractivity contribution is -0.162. The summed E-state index contributed by atoms with van der Waals surface area (Å²) in [4.78, 5) is 35.2. The summed E-state index contributed by atoms with van der Waals surface area (Å²) in [5.41, 5.74) is 4.84. The lowest BCUT2D eigenvalue weighted by atomic mass is 9.93. The van der Waals surface area contributed by atoms with Crippen LogP contribution in [0.4, 0.5) is 4.79 Å². The SMILES string of the molecule is NC(=O)OCCSC1S[C@@H]2[C@@H](CCO)C(=O)N2C1C(=O)O. The van der Waals surface area contributed by atoms with E-state index >= 15 is 0 Å². The third kappa shape index (κ3) is 3.22. The van der Waals surface area contributed by atoms with Crippen molar-refractivity contribution in [1.82, 2.24) is 4.90 Å². The Kier molecular flexibility index (Phi) is 5.22. The molecule has 118 valence electrons. The summed E-state index contributed by atoms with van der Waals surface area (Å²) in [6.07, 6.45) is -0.520. The molecule has 0 aromatic rings. The average molecular weight is 336 g/mol. The van der Waals surface area contributed by atoms with Gasteiger partial charge in [-0.1, -0.05) is 0 Å². The number of ether oxygens (including phenoxy) is 1. The lowest BCUT2D eigenvalue weighted by Crippen LogP contribution is -2.61. The fourth-order valence-corrected chi connectivity index (χ4v) is 5.69. The largest absolute Gasteiger partial charge is 0.480 e. The van der Waals surface area contributed by atoms with E-state index in [4.69, 9.17) is 10.8 Å². The molecule has 0 aliphatic carbocycles. The molecule has 0 bridgehead atoms. The number of thioether (sulfide) groups is 2. The van der Waals surface area contributed by atoms with Crippen LogP contribution in [0.25, 0.3) is 0 Å².